The zero-order valence-electron chi connectivity index (χ0n) is 16.8. The number of carbonyl (C=O) groups is 1. The Balaban J connectivity index is 2.62. The van der Waals surface area contributed by atoms with E-state index in [2.05, 4.69) is 0 Å². The molecule has 0 aliphatic rings. The minimum atomic E-state index is -4.58. The lowest BCUT2D eigenvalue weighted by atomic mass is 9.98. The number of alkyl halides is 6. The molecule has 0 spiro atoms. The standard InChI is InChI=1S/C20H19ClF6N2O4/c21-11-5-8-29(15(31)10-11)16-12(14(30)4-7-20(25,26)27)2-3-13(18(28)32)17(16)33-9-1-6-19(22,23)24/h2-3,5,8,10,14,30H,1,4,6-7,9H2,(H2,28,32). The molecule has 1 heterocycles. The van der Waals surface area contributed by atoms with Gasteiger partial charge in [-0.05, 0) is 25.0 Å². The highest BCUT2D eigenvalue weighted by molar-refractivity contribution is 6.30. The first-order chi connectivity index (χ1) is 15.2. The molecule has 1 atom stereocenters. The molecular weight excluding hydrogens is 482 g/mol. The van der Waals surface area contributed by atoms with Crippen molar-refractivity contribution in [1.29, 1.82) is 0 Å². The van der Waals surface area contributed by atoms with Crippen LogP contribution in [0.5, 0.6) is 5.75 Å². The molecule has 0 radical (unpaired) electrons. The Morgan fingerprint density at radius 2 is 1.76 bits per heavy atom. The monoisotopic (exact) mass is 500 g/mol. The Kier molecular flexibility index (Phi) is 8.41. The van der Waals surface area contributed by atoms with Crippen LogP contribution in [0.25, 0.3) is 5.69 Å². The van der Waals surface area contributed by atoms with E-state index in [1.807, 2.05) is 0 Å². The molecule has 1 unspecified atom stereocenters. The molecule has 0 aliphatic heterocycles. The summed E-state index contributed by atoms with van der Waals surface area (Å²) < 4.78 is 81.6. The van der Waals surface area contributed by atoms with Crippen LogP contribution in [0.1, 0.15) is 47.7 Å². The summed E-state index contributed by atoms with van der Waals surface area (Å²) in [6.45, 7) is -0.558. The van der Waals surface area contributed by atoms with Crippen molar-refractivity contribution in [2.24, 2.45) is 5.73 Å². The van der Waals surface area contributed by atoms with E-state index in [1.54, 1.807) is 0 Å². The number of aliphatic hydroxyl groups excluding tert-OH is 1. The Morgan fingerprint density at radius 3 is 2.30 bits per heavy atom. The Hall–Kier alpha value is -2.73. The fourth-order valence-corrected chi connectivity index (χ4v) is 3.14. The third-order valence-electron chi connectivity index (χ3n) is 4.46. The number of nitrogens with zero attached hydrogens (tertiary/aromatic N) is 1. The van der Waals surface area contributed by atoms with Crippen molar-refractivity contribution >= 4 is 17.5 Å². The van der Waals surface area contributed by atoms with E-state index in [4.69, 9.17) is 22.1 Å². The smallest absolute Gasteiger partial charge is 0.389 e. The van der Waals surface area contributed by atoms with Crippen molar-refractivity contribution in [3.8, 4) is 11.4 Å². The van der Waals surface area contributed by atoms with Gasteiger partial charge in [0.2, 0.25) is 0 Å². The lowest BCUT2D eigenvalue weighted by Gasteiger charge is -2.22. The number of hydrogen-bond acceptors (Lipinski definition) is 4. The third-order valence-corrected chi connectivity index (χ3v) is 4.70. The van der Waals surface area contributed by atoms with Gasteiger partial charge in [-0.25, -0.2) is 0 Å². The Labute approximate surface area is 188 Å². The number of pyridine rings is 1. The SMILES string of the molecule is NC(=O)c1ccc(C(O)CCC(F)(F)F)c(-n2ccc(Cl)cc2=O)c1OCCCC(F)(F)F. The number of aliphatic hydroxyl groups is 1. The minimum absolute atomic E-state index is 0.0223. The van der Waals surface area contributed by atoms with E-state index in [0.29, 0.717) is 0 Å². The van der Waals surface area contributed by atoms with Gasteiger partial charge < -0.3 is 15.6 Å². The molecule has 0 bridgehead atoms. The Morgan fingerprint density at radius 1 is 1.12 bits per heavy atom. The molecule has 0 saturated heterocycles. The van der Waals surface area contributed by atoms with Crippen LogP contribution in [-0.2, 0) is 0 Å². The molecule has 0 fully saturated rings. The number of aromatic nitrogens is 1. The van der Waals surface area contributed by atoms with E-state index in [1.165, 1.54) is 6.07 Å². The van der Waals surface area contributed by atoms with Crippen LogP contribution in [0.2, 0.25) is 5.02 Å². The summed E-state index contributed by atoms with van der Waals surface area (Å²) in [5, 5.41) is 10.5. The number of halogens is 7. The Bertz CT molecular complexity index is 1050. The van der Waals surface area contributed by atoms with Gasteiger partial charge in [-0.1, -0.05) is 17.7 Å². The molecule has 13 heteroatoms. The van der Waals surface area contributed by atoms with Crippen molar-refractivity contribution in [3.05, 3.63) is 57.0 Å². The van der Waals surface area contributed by atoms with E-state index in [9.17, 15) is 41.0 Å². The molecule has 1 aromatic carbocycles. The maximum Gasteiger partial charge on any atom is 0.389 e. The van der Waals surface area contributed by atoms with Crippen LogP contribution in [0.4, 0.5) is 26.3 Å². The number of rotatable bonds is 9. The van der Waals surface area contributed by atoms with Crippen molar-refractivity contribution in [2.75, 3.05) is 6.61 Å². The maximum absolute atomic E-state index is 12.7. The summed E-state index contributed by atoms with van der Waals surface area (Å²) >= 11 is 5.77. The van der Waals surface area contributed by atoms with Crippen LogP contribution in [0, 0.1) is 0 Å². The van der Waals surface area contributed by atoms with E-state index in [0.717, 1.165) is 29.0 Å². The van der Waals surface area contributed by atoms with Gasteiger partial charge in [-0.3, -0.25) is 14.2 Å². The predicted molar refractivity (Wildman–Crippen MR) is 107 cm³/mol. The first kappa shape index (κ1) is 26.5. The molecular formula is C20H19ClF6N2O4. The average molecular weight is 501 g/mol. The number of primary amides is 1. The summed E-state index contributed by atoms with van der Waals surface area (Å²) in [5.41, 5.74) is 3.63. The van der Waals surface area contributed by atoms with Crippen LogP contribution < -0.4 is 16.0 Å². The fraction of sp³-hybridized carbons (Fsp3) is 0.400. The van der Waals surface area contributed by atoms with Crippen molar-refractivity contribution < 1.29 is 41.0 Å². The van der Waals surface area contributed by atoms with E-state index in [-0.39, 0.29) is 21.8 Å². The van der Waals surface area contributed by atoms with E-state index >= 15 is 0 Å². The van der Waals surface area contributed by atoms with Crippen molar-refractivity contribution in [2.45, 2.75) is 44.1 Å². The second-order valence-corrected chi connectivity index (χ2v) is 7.47. The van der Waals surface area contributed by atoms with Gasteiger partial charge in [-0.2, -0.15) is 26.3 Å². The molecule has 1 aromatic heterocycles. The number of amides is 1. The van der Waals surface area contributed by atoms with Crippen molar-refractivity contribution in [1.82, 2.24) is 4.57 Å². The lowest BCUT2D eigenvalue weighted by Crippen LogP contribution is -2.23. The van der Waals surface area contributed by atoms with Crippen LogP contribution in [0.3, 0.4) is 0 Å². The zero-order chi connectivity index (χ0) is 25.0. The second-order valence-electron chi connectivity index (χ2n) is 7.03. The maximum atomic E-state index is 12.7. The largest absolute Gasteiger partial charge is 0.491 e. The number of benzene rings is 1. The van der Waals surface area contributed by atoms with Gasteiger partial charge >= 0.3 is 12.4 Å². The number of carbonyl (C=O) groups excluding carboxylic acids is 1. The summed E-state index contributed by atoms with van der Waals surface area (Å²) in [6.07, 6.45) is -13.6. The predicted octanol–water partition coefficient (Wildman–Crippen LogP) is 4.69. The molecule has 182 valence electrons. The first-order valence-corrected chi connectivity index (χ1v) is 9.87. The molecule has 2 aromatic rings. The summed E-state index contributed by atoms with van der Waals surface area (Å²) in [4.78, 5) is 24.4. The average Bonchev–Trinajstić information content (AvgIpc) is 2.67. The highest BCUT2D eigenvalue weighted by Crippen LogP contribution is 2.37. The van der Waals surface area contributed by atoms with E-state index < -0.39 is 68.0 Å². The topological polar surface area (TPSA) is 94.5 Å². The minimum Gasteiger partial charge on any atom is -0.491 e. The number of ether oxygens (including phenoxy) is 1. The second kappa shape index (κ2) is 10.5. The van der Waals surface area contributed by atoms with Gasteiger partial charge in [0, 0.05) is 35.7 Å². The highest BCUT2D eigenvalue weighted by Gasteiger charge is 2.31. The number of hydrogen-bond donors (Lipinski definition) is 2. The molecule has 0 aliphatic carbocycles. The quantitative estimate of drug-likeness (QED) is 0.386. The van der Waals surface area contributed by atoms with Gasteiger partial charge in [0.15, 0.2) is 5.75 Å². The van der Waals surface area contributed by atoms with Crippen LogP contribution in [-0.4, -0.2) is 34.5 Å². The normalized spacial score (nSPS) is 13.1. The summed E-state index contributed by atoms with van der Waals surface area (Å²) in [6, 6.07) is 4.36. The highest BCUT2D eigenvalue weighted by atomic mass is 35.5. The van der Waals surface area contributed by atoms with Gasteiger partial charge in [0.05, 0.1) is 24.0 Å². The molecule has 6 nitrogen and oxygen atoms in total. The lowest BCUT2D eigenvalue weighted by molar-refractivity contribution is -0.140. The fourth-order valence-electron chi connectivity index (χ4n) is 2.99. The first-order valence-electron chi connectivity index (χ1n) is 9.49. The molecule has 2 rings (SSSR count). The molecule has 33 heavy (non-hydrogen) atoms. The zero-order valence-corrected chi connectivity index (χ0v) is 17.6. The van der Waals surface area contributed by atoms with Crippen LogP contribution in [0.15, 0.2) is 35.3 Å². The van der Waals surface area contributed by atoms with Gasteiger partial charge in [0.25, 0.3) is 11.5 Å². The summed E-state index contributed by atoms with van der Waals surface area (Å²) in [5.74, 6) is -1.52. The van der Waals surface area contributed by atoms with Crippen molar-refractivity contribution in [3.63, 3.8) is 0 Å². The summed E-state index contributed by atoms with van der Waals surface area (Å²) in [7, 11) is 0. The molecule has 0 saturated carbocycles. The van der Waals surface area contributed by atoms with Gasteiger partial charge in [-0.15, -0.1) is 0 Å². The van der Waals surface area contributed by atoms with Gasteiger partial charge in [0.1, 0.15) is 0 Å². The molecule has 1 amide bonds. The number of nitrogens with two attached hydrogens (primary N) is 1. The molecule has 3 N–H and O–H groups in total. The van der Waals surface area contributed by atoms with Crippen LogP contribution >= 0.6 is 11.6 Å². The third kappa shape index (κ3) is 7.67.